The average molecular weight is 657 g/mol. The van der Waals surface area contributed by atoms with Crippen LogP contribution in [-0.2, 0) is 38.8 Å². The molecule has 0 amide bonds. The second-order valence-corrected chi connectivity index (χ2v) is 11.5. The van der Waals surface area contributed by atoms with E-state index in [1.807, 2.05) is 91.0 Å². The zero-order chi connectivity index (χ0) is 33.5. The van der Waals surface area contributed by atoms with Gasteiger partial charge in [-0.3, -0.25) is 4.68 Å². The number of nitrogens with zero attached hydrogens (tertiary/aromatic N) is 2. The molecule has 0 saturated carbocycles. The third kappa shape index (κ3) is 7.59. The van der Waals surface area contributed by atoms with E-state index < -0.39 is 47.6 Å². The van der Waals surface area contributed by atoms with Gasteiger partial charge in [-0.1, -0.05) is 97.6 Å². The highest BCUT2D eigenvalue weighted by atomic mass is 19.2. The van der Waals surface area contributed by atoms with Crippen LogP contribution in [0, 0.1) is 17.5 Å². The van der Waals surface area contributed by atoms with E-state index in [-0.39, 0.29) is 32.0 Å². The molecule has 48 heavy (non-hydrogen) atoms. The van der Waals surface area contributed by atoms with Gasteiger partial charge in [0.15, 0.2) is 17.5 Å². The molecule has 1 saturated heterocycles. The molecule has 5 atom stereocenters. The molecule has 1 aromatic heterocycles. The SMILES string of the molecule is C=C[C@]1(O)O[C@H](COCc2ccccc2)[C@H](OCc2ccccc2)[C@H](n2cc(-c3cc(F)c(F)c(F)c3)cn2)[C@H]1OCc1ccccc1. The lowest BCUT2D eigenvalue weighted by molar-refractivity contribution is -0.332. The van der Waals surface area contributed by atoms with Crippen molar-refractivity contribution in [3.05, 3.63) is 162 Å². The molecular weight excluding hydrogens is 621 g/mol. The molecule has 1 aliphatic rings. The van der Waals surface area contributed by atoms with Gasteiger partial charge in [0.05, 0.1) is 32.6 Å². The summed E-state index contributed by atoms with van der Waals surface area (Å²) in [5.41, 5.74) is 3.07. The summed E-state index contributed by atoms with van der Waals surface area (Å²) in [6.45, 7) is 4.45. The molecular formula is C38H35F3N2O5. The zero-order valence-electron chi connectivity index (χ0n) is 26.0. The van der Waals surface area contributed by atoms with E-state index in [4.69, 9.17) is 18.9 Å². The monoisotopic (exact) mass is 656 g/mol. The quantitative estimate of drug-likeness (QED) is 0.107. The van der Waals surface area contributed by atoms with Crippen LogP contribution in [0.15, 0.2) is 128 Å². The van der Waals surface area contributed by atoms with E-state index in [1.165, 1.54) is 17.0 Å². The van der Waals surface area contributed by atoms with Crippen LogP contribution >= 0.6 is 0 Å². The molecule has 1 N–H and O–H groups in total. The second kappa shape index (κ2) is 15.1. The Morgan fingerprint density at radius 1 is 0.792 bits per heavy atom. The first kappa shape index (κ1) is 33.3. The van der Waals surface area contributed by atoms with Crippen LogP contribution in [0.1, 0.15) is 22.7 Å². The summed E-state index contributed by atoms with van der Waals surface area (Å²) in [6, 6.07) is 29.5. The first-order valence-electron chi connectivity index (χ1n) is 15.5. The predicted molar refractivity (Wildman–Crippen MR) is 173 cm³/mol. The number of rotatable bonds is 13. The van der Waals surface area contributed by atoms with E-state index in [1.54, 1.807) is 6.20 Å². The molecule has 10 heteroatoms. The number of halogens is 3. The first-order chi connectivity index (χ1) is 23.3. The summed E-state index contributed by atoms with van der Waals surface area (Å²) in [5.74, 6) is -6.25. The van der Waals surface area contributed by atoms with Crippen LogP contribution in [0.2, 0.25) is 0 Å². The van der Waals surface area contributed by atoms with Gasteiger partial charge in [0, 0.05) is 11.8 Å². The number of hydrogen-bond donors (Lipinski definition) is 1. The van der Waals surface area contributed by atoms with Gasteiger partial charge in [0.25, 0.3) is 0 Å². The molecule has 248 valence electrons. The standard InChI is InChI=1S/C38H35F3N2O5/c1-2-38(44)37(47-24-28-16-10-5-11-17-28)35(43-21-30(20-42-43)29-18-31(39)34(41)32(40)19-29)36(46-23-27-14-8-4-9-15-27)33(48-38)25-45-22-26-12-6-3-7-13-26/h2-21,33,35-37,44H,1,22-25H2/t33-,35+,36+,37-,38+/m1/s1. The van der Waals surface area contributed by atoms with Crippen molar-refractivity contribution >= 4 is 0 Å². The molecule has 0 radical (unpaired) electrons. The lowest BCUT2D eigenvalue weighted by Crippen LogP contribution is -2.63. The highest BCUT2D eigenvalue weighted by molar-refractivity contribution is 5.62. The minimum atomic E-state index is -2.03. The van der Waals surface area contributed by atoms with Gasteiger partial charge in [-0.15, -0.1) is 0 Å². The lowest BCUT2D eigenvalue weighted by Gasteiger charge is -2.49. The van der Waals surface area contributed by atoms with Crippen molar-refractivity contribution in [1.82, 2.24) is 9.78 Å². The largest absolute Gasteiger partial charge is 0.374 e. The van der Waals surface area contributed by atoms with Gasteiger partial charge < -0.3 is 24.1 Å². The molecule has 5 aromatic rings. The Labute approximate surface area is 276 Å². The van der Waals surface area contributed by atoms with Crippen molar-refractivity contribution in [1.29, 1.82) is 0 Å². The third-order valence-electron chi connectivity index (χ3n) is 8.23. The van der Waals surface area contributed by atoms with E-state index in [9.17, 15) is 18.3 Å². The minimum Gasteiger partial charge on any atom is -0.374 e. The fourth-order valence-corrected chi connectivity index (χ4v) is 5.79. The fourth-order valence-electron chi connectivity index (χ4n) is 5.79. The third-order valence-corrected chi connectivity index (χ3v) is 8.23. The highest BCUT2D eigenvalue weighted by Crippen LogP contribution is 2.41. The predicted octanol–water partition coefficient (Wildman–Crippen LogP) is 7.17. The van der Waals surface area contributed by atoms with Gasteiger partial charge in [-0.25, -0.2) is 13.2 Å². The number of hydrogen-bond acceptors (Lipinski definition) is 6. The summed E-state index contributed by atoms with van der Waals surface area (Å²) in [7, 11) is 0. The fraction of sp³-hybridized carbons (Fsp3) is 0.237. The number of benzene rings is 4. The van der Waals surface area contributed by atoms with E-state index >= 15 is 0 Å². The number of ether oxygens (including phenoxy) is 4. The first-order valence-corrected chi connectivity index (χ1v) is 15.5. The van der Waals surface area contributed by atoms with E-state index in [2.05, 4.69) is 11.7 Å². The molecule has 0 spiro atoms. The molecule has 1 aliphatic heterocycles. The topological polar surface area (TPSA) is 75.0 Å². The van der Waals surface area contributed by atoms with Crippen molar-refractivity contribution in [2.75, 3.05) is 6.61 Å². The normalized spacial score (nSPS) is 22.4. The van der Waals surface area contributed by atoms with Crippen molar-refractivity contribution in [2.24, 2.45) is 0 Å². The summed E-state index contributed by atoms with van der Waals surface area (Å²) in [6.07, 6.45) is 1.41. The van der Waals surface area contributed by atoms with Gasteiger partial charge in [0.2, 0.25) is 5.79 Å². The Kier molecular flexibility index (Phi) is 10.5. The Morgan fingerprint density at radius 2 is 1.33 bits per heavy atom. The maximum atomic E-state index is 14.2. The smallest absolute Gasteiger partial charge is 0.214 e. The van der Waals surface area contributed by atoms with Gasteiger partial charge in [0.1, 0.15) is 24.4 Å². The van der Waals surface area contributed by atoms with Crippen LogP contribution in [-0.4, -0.2) is 45.6 Å². The molecule has 0 unspecified atom stereocenters. The Balaban J connectivity index is 1.39. The molecule has 4 aromatic carbocycles. The molecule has 0 aliphatic carbocycles. The van der Waals surface area contributed by atoms with E-state index in [0.29, 0.717) is 5.56 Å². The van der Waals surface area contributed by atoms with Crippen molar-refractivity contribution < 1.29 is 37.2 Å². The minimum absolute atomic E-state index is 0.0227. The molecule has 6 rings (SSSR count). The number of aromatic nitrogens is 2. The van der Waals surface area contributed by atoms with Gasteiger partial charge in [-0.2, -0.15) is 5.10 Å². The summed E-state index contributed by atoms with van der Waals surface area (Å²) < 4.78 is 69.2. The molecule has 2 heterocycles. The Morgan fingerprint density at radius 3 is 1.90 bits per heavy atom. The van der Waals surface area contributed by atoms with Crippen LogP contribution in [0.3, 0.4) is 0 Å². The van der Waals surface area contributed by atoms with Gasteiger partial charge >= 0.3 is 0 Å². The van der Waals surface area contributed by atoms with Crippen LogP contribution in [0.25, 0.3) is 11.1 Å². The summed E-state index contributed by atoms with van der Waals surface area (Å²) in [4.78, 5) is 0. The van der Waals surface area contributed by atoms with Crippen molar-refractivity contribution in [3.63, 3.8) is 0 Å². The highest BCUT2D eigenvalue weighted by Gasteiger charge is 2.55. The molecule has 7 nitrogen and oxygen atoms in total. The van der Waals surface area contributed by atoms with Crippen LogP contribution < -0.4 is 0 Å². The van der Waals surface area contributed by atoms with Crippen LogP contribution in [0.5, 0.6) is 0 Å². The maximum absolute atomic E-state index is 14.2. The summed E-state index contributed by atoms with van der Waals surface area (Å²) >= 11 is 0. The zero-order valence-corrected chi connectivity index (χ0v) is 26.0. The maximum Gasteiger partial charge on any atom is 0.214 e. The average Bonchev–Trinajstić information content (AvgIpc) is 3.61. The van der Waals surface area contributed by atoms with Gasteiger partial charge in [-0.05, 0) is 40.5 Å². The van der Waals surface area contributed by atoms with Crippen LogP contribution in [0.4, 0.5) is 13.2 Å². The van der Waals surface area contributed by atoms with Crippen molar-refractivity contribution in [2.45, 2.75) is 50.0 Å². The number of aliphatic hydroxyl groups is 1. The second-order valence-electron chi connectivity index (χ2n) is 11.5. The summed E-state index contributed by atoms with van der Waals surface area (Å²) in [5, 5.41) is 16.6. The van der Waals surface area contributed by atoms with E-state index in [0.717, 1.165) is 28.8 Å². The van der Waals surface area contributed by atoms with Crippen molar-refractivity contribution in [3.8, 4) is 11.1 Å². The molecule has 1 fully saturated rings. The molecule has 0 bridgehead atoms. The Bertz CT molecular complexity index is 1770. The Hall–Kier alpha value is -4.58. The lowest BCUT2D eigenvalue weighted by atomic mass is 9.89.